The monoisotopic (exact) mass is 350 g/mol. The number of rotatable bonds is 8. The van der Waals surface area contributed by atoms with Gasteiger partial charge in [-0.15, -0.1) is 11.3 Å². The second kappa shape index (κ2) is 8.49. The maximum absolute atomic E-state index is 12.4. The molecule has 0 aliphatic heterocycles. The molecule has 0 bridgehead atoms. The zero-order valence-corrected chi connectivity index (χ0v) is 13.8. The molecule has 0 saturated heterocycles. The van der Waals surface area contributed by atoms with Crippen molar-refractivity contribution in [1.29, 1.82) is 0 Å². The summed E-state index contributed by atoms with van der Waals surface area (Å²) in [5, 5.41) is 7.64. The lowest BCUT2D eigenvalue weighted by Crippen LogP contribution is -2.39. The van der Waals surface area contributed by atoms with Crippen LogP contribution in [-0.4, -0.2) is 44.3 Å². The molecule has 1 aromatic heterocycles. The van der Waals surface area contributed by atoms with Gasteiger partial charge in [0.15, 0.2) is 11.7 Å². The van der Waals surface area contributed by atoms with Crippen LogP contribution in [0.5, 0.6) is 0 Å². The molecule has 0 aromatic carbocycles. The summed E-state index contributed by atoms with van der Waals surface area (Å²) in [4.78, 5) is 7.64. The summed E-state index contributed by atoms with van der Waals surface area (Å²) >= 11 is 1.02. The molecule has 1 saturated carbocycles. The van der Waals surface area contributed by atoms with E-state index in [1.165, 1.54) is 12.8 Å². The van der Waals surface area contributed by atoms with E-state index in [-0.39, 0.29) is 0 Å². The Hall–Kier alpha value is -1.35. The van der Waals surface area contributed by atoms with E-state index in [4.69, 9.17) is 4.74 Å². The van der Waals surface area contributed by atoms with E-state index in [2.05, 4.69) is 20.6 Å². The van der Waals surface area contributed by atoms with Gasteiger partial charge in [-0.05, 0) is 18.8 Å². The highest BCUT2D eigenvalue weighted by Crippen LogP contribution is 2.30. The summed E-state index contributed by atoms with van der Waals surface area (Å²) in [7, 11) is 1.64. The third-order valence-electron chi connectivity index (χ3n) is 3.29. The Kier molecular flexibility index (Phi) is 6.64. The highest BCUT2D eigenvalue weighted by Gasteiger charge is 2.33. The SMILES string of the molecule is CN=C(NCCOCC1CC1)NCCc1nc(C(F)(F)F)cs1. The molecule has 130 valence electrons. The van der Waals surface area contributed by atoms with E-state index in [1.807, 2.05) is 0 Å². The molecule has 2 rings (SSSR count). The van der Waals surface area contributed by atoms with Crippen molar-refractivity contribution in [3.8, 4) is 0 Å². The van der Waals surface area contributed by atoms with Gasteiger partial charge in [0.1, 0.15) is 0 Å². The fourth-order valence-electron chi connectivity index (χ4n) is 1.84. The molecular formula is C14H21F3N4OS. The Morgan fingerprint density at radius 2 is 2.13 bits per heavy atom. The lowest BCUT2D eigenvalue weighted by Gasteiger charge is -2.11. The standard InChI is InChI=1S/C14H21F3N4OS/c1-18-13(20-6-7-22-8-10-2-3-10)19-5-4-12-21-11(9-23-12)14(15,16)17/h9-10H,2-8H2,1H3,(H2,18,19,20). The van der Waals surface area contributed by atoms with Crippen LogP contribution in [0.25, 0.3) is 0 Å². The van der Waals surface area contributed by atoms with Crippen LogP contribution in [0.2, 0.25) is 0 Å². The number of aromatic nitrogens is 1. The summed E-state index contributed by atoms with van der Waals surface area (Å²) in [5.74, 6) is 1.35. The minimum Gasteiger partial charge on any atom is -0.379 e. The summed E-state index contributed by atoms with van der Waals surface area (Å²) in [6.45, 7) is 2.53. The quantitative estimate of drug-likeness (QED) is 0.429. The molecule has 2 N–H and O–H groups in total. The van der Waals surface area contributed by atoms with Gasteiger partial charge in [-0.2, -0.15) is 13.2 Å². The fourth-order valence-corrected chi connectivity index (χ4v) is 2.65. The largest absolute Gasteiger partial charge is 0.434 e. The van der Waals surface area contributed by atoms with Crippen molar-refractivity contribution in [3.05, 3.63) is 16.1 Å². The van der Waals surface area contributed by atoms with Crippen LogP contribution in [0.4, 0.5) is 13.2 Å². The minimum atomic E-state index is -4.37. The Labute approximate surface area is 137 Å². The molecule has 0 amide bonds. The van der Waals surface area contributed by atoms with Gasteiger partial charge in [0.2, 0.25) is 0 Å². The minimum absolute atomic E-state index is 0.416. The fraction of sp³-hybridized carbons (Fsp3) is 0.714. The van der Waals surface area contributed by atoms with Crippen LogP contribution < -0.4 is 10.6 Å². The van der Waals surface area contributed by atoms with Crippen molar-refractivity contribution in [1.82, 2.24) is 15.6 Å². The Bertz CT molecular complexity index is 514. The number of nitrogens with one attached hydrogen (secondary N) is 2. The number of hydrogen-bond acceptors (Lipinski definition) is 4. The molecule has 0 spiro atoms. The van der Waals surface area contributed by atoms with Gasteiger partial charge < -0.3 is 15.4 Å². The molecule has 5 nitrogen and oxygen atoms in total. The van der Waals surface area contributed by atoms with Gasteiger partial charge in [0.05, 0.1) is 11.6 Å². The first-order valence-corrected chi connectivity index (χ1v) is 8.41. The van der Waals surface area contributed by atoms with Gasteiger partial charge >= 0.3 is 6.18 Å². The van der Waals surface area contributed by atoms with Crippen LogP contribution >= 0.6 is 11.3 Å². The molecular weight excluding hydrogens is 329 g/mol. The average molecular weight is 350 g/mol. The first kappa shape index (κ1) is 18.0. The first-order chi connectivity index (χ1) is 11.0. The molecule has 1 aliphatic carbocycles. The Morgan fingerprint density at radius 3 is 2.74 bits per heavy atom. The zero-order valence-electron chi connectivity index (χ0n) is 12.9. The summed E-state index contributed by atoms with van der Waals surface area (Å²) < 4.78 is 42.8. The van der Waals surface area contributed by atoms with Crippen LogP contribution in [-0.2, 0) is 17.3 Å². The Morgan fingerprint density at radius 1 is 1.39 bits per heavy atom. The first-order valence-electron chi connectivity index (χ1n) is 7.53. The molecule has 1 aromatic rings. The van der Waals surface area contributed by atoms with E-state index in [0.29, 0.717) is 37.1 Å². The molecule has 1 heterocycles. The lowest BCUT2D eigenvalue weighted by molar-refractivity contribution is -0.140. The number of thiazole rings is 1. The molecule has 0 atom stereocenters. The van der Waals surface area contributed by atoms with E-state index in [1.54, 1.807) is 7.05 Å². The normalized spacial score (nSPS) is 15.7. The molecule has 1 fully saturated rings. The van der Waals surface area contributed by atoms with E-state index in [0.717, 1.165) is 29.2 Å². The second-order valence-electron chi connectivity index (χ2n) is 5.32. The summed E-state index contributed by atoms with van der Waals surface area (Å²) in [6.07, 6.45) is -1.42. The van der Waals surface area contributed by atoms with Crippen LogP contribution in [0.1, 0.15) is 23.5 Å². The number of nitrogens with zero attached hydrogens (tertiary/aromatic N) is 2. The number of hydrogen-bond donors (Lipinski definition) is 2. The van der Waals surface area contributed by atoms with Gasteiger partial charge in [-0.1, -0.05) is 0 Å². The molecule has 1 aliphatic rings. The maximum atomic E-state index is 12.4. The third-order valence-corrected chi connectivity index (χ3v) is 4.20. The van der Waals surface area contributed by atoms with Crippen LogP contribution in [0.15, 0.2) is 10.4 Å². The second-order valence-corrected chi connectivity index (χ2v) is 6.26. The van der Waals surface area contributed by atoms with Crippen LogP contribution in [0.3, 0.4) is 0 Å². The van der Waals surface area contributed by atoms with Gasteiger partial charge in [-0.25, -0.2) is 4.98 Å². The highest BCUT2D eigenvalue weighted by molar-refractivity contribution is 7.09. The zero-order chi connectivity index (χ0) is 16.7. The maximum Gasteiger partial charge on any atom is 0.434 e. The third kappa shape index (κ3) is 6.74. The predicted octanol–water partition coefficient (Wildman–Crippen LogP) is 2.30. The van der Waals surface area contributed by atoms with Crippen molar-refractivity contribution in [3.63, 3.8) is 0 Å². The summed E-state index contributed by atoms with van der Waals surface area (Å²) in [5.41, 5.74) is -0.826. The average Bonchev–Trinajstić information content (AvgIpc) is 3.19. The van der Waals surface area contributed by atoms with Crippen molar-refractivity contribution >= 4 is 17.3 Å². The number of halogens is 3. The van der Waals surface area contributed by atoms with E-state index in [9.17, 15) is 13.2 Å². The molecule has 0 unspecified atom stereocenters. The van der Waals surface area contributed by atoms with Crippen molar-refractivity contribution in [2.24, 2.45) is 10.9 Å². The van der Waals surface area contributed by atoms with E-state index >= 15 is 0 Å². The molecule has 0 radical (unpaired) electrons. The molecule has 9 heteroatoms. The summed E-state index contributed by atoms with van der Waals surface area (Å²) in [6, 6.07) is 0. The number of aliphatic imine (C=N–C) groups is 1. The topological polar surface area (TPSA) is 58.5 Å². The Balaban J connectivity index is 1.60. The number of alkyl halides is 3. The van der Waals surface area contributed by atoms with Crippen LogP contribution in [0, 0.1) is 5.92 Å². The van der Waals surface area contributed by atoms with Gasteiger partial charge in [0, 0.05) is 38.5 Å². The van der Waals surface area contributed by atoms with Crippen molar-refractivity contribution in [2.75, 3.05) is 33.4 Å². The van der Waals surface area contributed by atoms with Gasteiger partial charge in [-0.3, -0.25) is 4.99 Å². The highest BCUT2D eigenvalue weighted by atomic mass is 32.1. The molecule has 23 heavy (non-hydrogen) atoms. The van der Waals surface area contributed by atoms with Crippen molar-refractivity contribution in [2.45, 2.75) is 25.4 Å². The van der Waals surface area contributed by atoms with Crippen molar-refractivity contribution < 1.29 is 17.9 Å². The van der Waals surface area contributed by atoms with E-state index < -0.39 is 11.9 Å². The number of ether oxygens (including phenoxy) is 1. The smallest absolute Gasteiger partial charge is 0.379 e. The predicted molar refractivity (Wildman–Crippen MR) is 83.7 cm³/mol. The lowest BCUT2D eigenvalue weighted by atomic mass is 10.4. The van der Waals surface area contributed by atoms with Gasteiger partial charge in [0.25, 0.3) is 0 Å². The number of guanidine groups is 1.